The smallest absolute Gasteiger partial charge is 0.261 e. The van der Waals surface area contributed by atoms with Crippen molar-refractivity contribution in [3.05, 3.63) is 105 Å². The zero-order valence-electron chi connectivity index (χ0n) is 40.0. The number of nitrogens with one attached hydrogen (secondary N) is 1. The number of halogens is 2. The van der Waals surface area contributed by atoms with Crippen LogP contribution in [0.25, 0.3) is 0 Å². The number of nitrogens with zero attached hydrogens (tertiary/aromatic N) is 8. The quantitative estimate of drug-likeness (QED) is 0.0712. The second-order valence-electron chi connectivity index (χ2n) is 18.8. The van der Waals surface area contributed by atoms with Crippen molar-refractivity contribution in [3.8, 4) is 17.6 Å². The van der Waals surface area contributed by atoms with Crippen LogP contribution in [0, 0.1) is 30.1 Å². The fourth-order valence-corrected chi connectivity index (χ4v) is 9.92. The molecule has 3 saturated heterocycles. The van der Waals surface area contributed by atoms with Crippen molar-refractivity contribution in [2.45, 2.75) is 64.5 Å². The summed E-state index contributed by atoms with van der Waals surface area (Å²) in [5.74, 6) is 2.26. The van der Waals surface area contributed by atoms with Crippen LogP contribution in [-0.4, -0.2) is 140 Å². The van der Waals surface area contributed by atoms with Gasteiger partial charge in [0.2, 0.25) is 18.3 Å². The summed E-state index contributed by atoms with van der Waals surface area (Å²) in [7, 11) is 1.44. The number of piperazine rings is 1. The molecular formula is C52H63Cl2N9O6. The summed E-state index contributed by atoms with van der Waals surface area (Å²) in [5, 5.41) is 12.7. The fourth-order valence-electron chi connectivity index (χ4n) is 9.57. The maximum atomic E-state index is 13.6. The minimum Gasteiger partial charge on any atom is -0.489 e. The summed E-state index contributed by atoms with van der Waals surface area (Å²) < 4.78 is 11.8. The van der Waals surface area contributed by atoms with Crippen LogP contribution in [0.5, 0.6) is 11.5 Å². The molecule has 15 nitrogen and oxygen atoms in total. The lowest BCUT2D eigenvalue weighted by atomic mass is 9.77. The Morgan fingerprint density at radius 3 is 2.30 bits per heavy atom. The van der Waals surface area contributed by atoms with E-state index < -0.39 is 23.3 Å². The van der Waals surface area contributed by atoms with Gasteiger partial charge >= 0.3 is 0 Å². The number of amides is 3. The highest BCUT2D eigenvalue weighted by atomic mass is 35.5. The highest BCUT2D eigenvalue weighted by molar-refractivity contribution is 6.32. The van der Waals surface area contributed by atoms with E-state index in [1.807, 2.05) is 67.6 Å². The van der Waals surface area contributed by atoms with Crippen molar-refractivity contribution in [2.24, 2.45) is 11.8 Å². The van der Waals surface area contributed by atoms with E-state index in [1.165, 1.54) is 19.9 Å². The molecule has 0 radical (unpaired) electrons. The lowest BCUT2D eigenvalue weighted by Gasteiger charge is -2.45. The predicted octanol–water partition coefficient (Wildman–Crippen LogP) is 6.50. The van der Waals surface area contributed by atoms with E-state index in [1.54, 1.807) is 6.20 Å². The number of aryl methyl sites for hydroxylation is 1. The van der Waals surface area contributed by atoms with Gasteiger partial charge < -0.3 is 34.3 Å². The SMILES string of the molecule is CNC(=O)C(CCC=O)N(C=O)C(=O)c1cc(N2CC(CN3CCC(CN4CCN(c5nccc(COc6ccc(C(C)(C)c7cc(Cl)c(OCCCl)c(C#N)c7)cc6)n5)CC4)CC3)C2)ccc1C. The van der Waals surface area contributed by atoms with E-state index in [4.69, 9.17) is 37.7 Å². The van der Waals surface area contributed by atoms with Gasteiger partial charge in [0.1, 0.15) is 37.4 Å². The van der Waals surface area contributed by atoms with E-state index in [0.717, 1.165) is 105 Å². The van der Waals surface area contributed by atoms with Crippen molar-refractivity contribution >= 4 is 59.3 Å². The van der Waals surface area contributed by atoms with Crippen molar-refractivity contribution in [2.75, 3.05) is 94.8 Å². The normalized spacial score (nSPS) is 16.5. The van der Waals surface area contributed by atoms with Crippen LogP contribution < -0.4 is 24.6 Å². The lowest BCUT2D eigenvalue weighted by molar-refractivity contribution is -0.131. The second kappa shape index (κ2) is 23.7. The predicted molar refractivity (Wildman–Crippen MR) is 267 cm³/mol. The molecule has 1 atom stereocenters. The molecule has 3 fully saturated rings. The number of anilines is 2. The third-order valence-corrected chi connectivity index (χ3v) is 14.3. The summed E-state index contributed by atoms with van der Waals surface area (Å²) >= 11 is 12.3. The van der Waals surface area contributed by atoms with Crippen LogP contribution in [-0.2, 0) is 26.4 Å². The van der Waals surface area contributed by atoms with Crippen LogP contribution in [0.4, 0.5) is 11.6 Å². The molecule has 1 N–H and O–H groups in total. The number of carbonyl (C=O) groups is 4. The average molecular weight is 981 g/mol. The Morgan fingerprint density at radius 2 is 1.64 bits per heavy atom. The summed E-state index contributed by atoms with van der Waals surface area (Å²) in [4.78, 5) is 69.4. The molecule has 0 bridgehead atoms. The molecule has 0 saturated carbocycles. The van der Waals surface area contributed by atoms with Gasteiger partial charge in [-0.1, -0.05) is 43.6 Å². The van der Waals surface area contributed by atoms with Gasteiger partial charge in [-0.2, -0.15) is 5.26 Å². The number of likely N-dealkylation sites (N-methyl/N-ethyl adjacent to an activating group) is 1. The van der Waals surface area contributed by atoms with Crippen molar-refractivity contribution in [3.63, 3.8) is 0 Å². The first-order valence-electron chi connectivity index (χ1n) is 23.8. The van der Waals surface area contributed by atoms with E-state index in [0.29, 0.717) is 64.5 Å². The maximum absolute atomic E-state index is 13.6. The minimum absolute atomic E-state index is 0.0565. The van der Waals surface area contributed by atoms with Gasteiger partial charge in [0.25, 0.3) is 5.91 Å². The summed E-state index contributed by atoms with van der Waals surface area (Å²) in [6, 6.07) is 20.4. The number of likely N-dealkylation sites (tertiary alicyclic amines) is 1. The fraction of sp³-hybridized carbons (Fsp3) is 0.481. The van der Waals surface area contributed by atoms with E-state index in [2.05, 4.69) is 49.8 Å². The molecule has 3 amide bonds. The molecular weight excluding hydrogens is 918 g/mol. The molecule has 4 heterocycles. The van der Waals surface area contributed by atoms with Crippen LogP contribution in [0.2, 0.25) is 5.02 Å². The van der Waals surface area contributed by atoms with Gasteiger partial charge in [-0.3, -0.25) is 24.2 Å². The number of nitriles is 1. The second-order valence-corrected chi connectivity index (χ2v) is 19.5. The first kappa shape index (κ1) is 51.1. The molecule has 69 heavy (non-hydrogen) atoms. The van der Waals surface area contributed by atoms with Gasteiger partial charge in [-0.15, -0.1) is 11.6 Å². The first-order chi connectivity index (χ1) is 33.3. The van der Waals surface area contributed by atoms with Gasteiger partial charge in [-0.25, -0.2) is 9.97 Å². The van der Waals surface area contributed by atoms with E-state index in [-0.39, 0.29) is 19.4 Å². The van der Waals surface area contributed by atoms with Gasteiger partial charge in [0, 0.05) is 94.6 Å². The number of hydrogen-bond acceptors (Lipinski definition) is 13. The van der Waals surface area contributed by atoms with Crippen LogP contribution in [0.3, 0.4) is 0 Å². The zero-order valence-corrected chi connectivity index (χ0v) is 41.6. The number of imide groups is 1. The number of hydrogen-bond donors (Lipinski definition) is 1. The molecule has 1 unspecified atom stereocenters. The van der Waals surface area contributed by atoms with E-state index in [9.17, 15) is 24.4 Å². The van der Waals surface area contributed by atoms with Crippen LogP contribution >= 0.6 is 23.2 Å². The standard InChI is InChI=1S/C52H63Cl2N9O6/c1-36-7-10-43(28-45(36)50(67)63(35-65)47(6-5-24-64)49(66)56-4)62-32-38(33-62)31-59-18-14-37(15-19-59)30-60-20-22-61(23-21-60)51-57-17-13-42(58-51)34-69-44-11-8-40(9-12-44)52(2,3)41-26-39(29-55)48(46(54)27-41)68-25-16-53/h7-13,17,24,26-28,35,37-38,47H,5-6,14-16,18-23,25,30-34H2,1-4H3,(H,56,66). The topological polar surface area (TPSA) is 165 Å². The summed E-state index contributed by atoms with van der Waals surface area (Å²) in [6.07, 6.45) is 5.35. The third kappa shape index (κ3) is 12.5. The van der Waals surface area contributed by atoms with E-state index >= 15 is 0 Å². The Morgan fingerprint density at radius 1 is 0.928 bits per heavy atom. The molecule has 3 aromatic carbocycles. The molecule has 0 spiro atoms. The van der Waals surface area contributed by atoms with Gasteiger partial charge in [0.15, 0.2) is 5.75 Å². The van der Waals surface area contributed by atoms with Crippen molar-refractivity contribution in [1.29, 1.82) is 5.26 Å². The Kier molecular flexibility index (Phi) is 17.5. The number of rotatable bonds is 21. The molecule has 7 rings (SSSR count). The number of benzene rings is 3. The zero-order chi connectivity index (χ0) is 49.1. The highest BCUT2D eigenvalue weighted by Crippen LogP contribution is 2.39. The number of aldehydes is 1. The van der Waals surface area contributed by atoms with Crippen LogP contribution in [0.15, 0.2) is 66.9 Å². The van der Waals surface area contributed by atoms with Crippen molar-refractivity contribution < 1.29 is 28.7 Å². The molecule has 3 aliphatic rings. The first-order valence-corrected chi connectivity index (χ1v) is 24.7. The molecule has 3 aliphatic heterocycles. The Bertz CT molecular complexity index is 2460. The van der Waals surface area contributed by atoms with Crippen molar-refractivity contribution in [1.82, 2.24) is 30.0 Å². The summed E-state index contributed by atoms with van der Waals surface area (Å²) in [6.45, 7) is 16.3. The highest BCUT2D eigenvalue weighted by Gasteiger charge is 2.34. The number of piperidine rings is 1. The Hall–Kier alpha value is -5.79. The number of carbonyl (C=O) groups excluding carboxylic acids is 4. The van der Waals surface area contributed by atoms with Gasteiger partial charge in [-0.05, 0) is 104 Å². The monoisotopic (exact) mass is 979 g/mol. The Labute approximate surface area is 415 Å². The third-order valence-electron chi connectivity index (χ3n) is 13.8. The minimum atomic E-state index is -1.06. The molecule has 1 aromatic heterocycles. The molecule has 0 aliphatic carbocycles. The average Bonchev–Trinajstić information content (AvgIpc) is 3.35. The Balaban J connectivity index is 0.821. The lowest BCUT2D eigenvalue weighted by Crippen LogP contribution is -2.53. The molecule has 17 heteroatoms. The molecule has 366 valence electrons. The number of alkyl halides is 1. The molecule has 4 aromatic rings. The summed E-state index contributed by atoms with van der Waals surface area (Å²) in [5.41, 5.74) is 4.68. The number of aromatic nitrogens is 2. The van der Waals surface area contributed by atoms with Gasteiger partial charge in [0.05, 0.1) is 22.2 Å². The van der Waals surface area contributed by atoms with Crippen LogP contribution in [0.1, 0.15) is 77.8 Å². The number of ether oxygens (including phenoxy) is 2. The largest absolute Gasteiger partial charge is 0.489 e. The maximum Gasteiger partial charge on any atom is 0.261 e.